The maximum Gasteiger partial charge on any atom is 0.416 e. The Kier molecular flexibility index (Phi) is 4.96. The van der Waals surface area contributed by atoms with Crippen LogP contribution in [0.25, 0.3) is 11.0 Å². The number of rotatable bonds is 3. The van der Waals surface area contributed by atoms with Gasteiger partial charge >= 0.3 is 6.18 Å². The van der Waals surface area contributed by atoms with Crippen LogP contribution in [0.3, 0.4) is 0 Å². The average molecular weight is 398 g/mol. The number of ether oxygens (including phenoxy) is 1. The smallest absolute Gasteiger partial charge is 0.416 e. The first-order valence-corrected chi connectivity index (χ1v) is 9.29. The van der Waals surface area contributed by atoms with Crippen molar-refractivity contribution in [2.45, 2.75) is 37.6 Å². The van der Waals surface area contributed by atoms with Crippen LogP contribution in [-0.4, -0.2) is 49.5 Å². The molecule has 1 fully saturated rings. The number of hydrogen-bond acceptors (Lipinski definition) is 5. The lowest BCUT2D eigenvalue weighted by Crippen LogP contribution is -2.35. The minimum absolute atomic E-state index is 0.0253. The van der Waals surface area contributed by atoms with E-state index >= 15 is 0 Å². The van der Waals surface area contributed by atoms with E-state index in [9.17, 15) is 23.1 Å². The first-order chi connectivity index (χ1) is 13.3. The molecule has 2 aromatic rings. The van der Waals surface area contributed by atoms with E-state index in [2.05, 4.69) is 5.32 Å². The van der Waals surface area contributed by atoms with E-state index in [4.69, 9.17) is 9.15 Å². The molecular formula is C19H21F3N2O4. The molecular weight excluding hydrogens is 377 g/mol. The second-order valence-electron chi connectivity index (χ2n) is 7.21. The number of amides is 1. The maximum atomic E-state index is 13.2. The number of halogens is 3. The van der Waals surface area contributed by atoms with Gasteiger partial charge in [0, 0.05) is 25.0 Å². The van der Waals surface area contributed by atoms with Crippen LogP contribution in [0, 0.1) is 0 Å². The molecule has 1 amide bonds. The molecule has 2 aliphatic rings. The van der Waals surface area contributed by atoms with E-state index in [0.717, 1.165) is 18.6 Å². The van der Waals surface area contributed by atoms with Crippen LogP contribution in [0.5, 0.6) is 0 Å². The van der Waals surface area contributed by atoms with Gasteiger partial charge in [0.25, 0.3) is 5.91 Å². The highest BCUT2D eigenvalue weighted by atomic mass is 19.4. The third kappa shape index (κ3) is 3.68. The van der Waals surface area contributed by atoms with Crippen LogP contribution in [-0.2, 0) is 10.9 Å². The fourth-order valence-electron chi connectivity index (χ4n) is 3.77. The predicted octanol–water partition coefficient (Wildman–Crippen LogP) is 2.93. The summed E-state index contributed by atoms with van der Waals surface area (Å²) in [4.78, 5) is 14.2. The summed E-state index contributed by atoms with van der Waals surface area (Å²) in [6, 6.07) is 3.25. The van der Waals surface area contributed by atoms with E-state index in [0.29, 0.717) is 44.8 Å². The summed E-state index contributed by atoms with van der Waals surface area (Å²) < 4.78 is 50.7. The van der Waals surface area contributed by atoms with Crippen molar-refractivity contribution in [3.05, 3.63) is 29.5 Å². The quantitative estimate of drug-likeness (QED) is 0.832. The number of carbonyl (C=O) groups is 1. The molecule has 6 nitrogen and oxygen atoms in total. The van der Waals surface area contributed by atoms with Crippen molar-refractivity contribution in [3.8, 4) is 0 Å². The Hall–Kier alpha value is -2.26. The van der Waals surface area contributed by atoms with Gasteiger partial charge in [0.1, 0.15) is 5.58 Å². The molecule has 2 aliphatic heterocycles. The Balaban J connectivity index is 1.65. The number of furan rings is 1. The van der Waals surface area contributed by atoms with Crippen molar-refractivity contribution < 1.29 is 32.2 Å². The molecule has 0 aliphatic carbocycles. The Morgan fingerprint density at radius 1 is 1.29 bits per heavy atom. The van der Waals surface area contributed by atoms with Gasteiger partial charge in [0.2, 0.25) is 5.76 Å². The van der Waals surface area contributed by atoms with E-state index in [1.165, 1.54) is 6.07 Å². The number of alkyl halides is 3. The van der Waals surface area contributed by atoms with Crippen molar-refractivity contribution in [2.75, 3.05) is 31.1 Å². The number of aliphatic hydroxyl groups is 1. The lowest BCUT2D eigenvalue weighted by atomic mass is 10.0. The topological polar surface area (TPSA) is 74.9 Å². The zero-order valence-electron chi connectivity index (χ0n) is 15.1. The van der Waals surface area contributed by atoms with Crippen LogP contribution in [0.4, 0.5) is 18.9 Å². The van der Waals surface area contributed by atoms with Crippen LogP contribution in [0.2, 0.25) is 0 Å². The van der Waals surface area contributed by atoms with Crippen molar-refractivity contribution in [1.82, 2.24) is 5.32 Å². The molecule has 152 valence electrons. The Bertz CT molecular complexity index is 872. The van der Waals surface area contributed by atoms with E-state index in [1.807, 2.05) is 4.90 Å². The van der Waals surface area contributed by atoms with Crippen molar-refractivity contribution in [3.63, 3.8) is 0 Å². The van der Waals surface area contributed by atoms with Gasteiger partial charge in [-0.15, -0.1) is 0 Å². The molecule has 2 atom stereocenters. The second-order valence-corrected chi connectivity index (χ2v) is 7.21. The van der Waals surface area contributed by atoms with Crippen LogP contribution in [0.15, 0.2) is 22.6 Å². The highest BCUT2D eigenvalue weighted by molar-refractivity contribution is 6.07. The summed E-state index contributed by atoms with van der Waals surface area (Å²) in [5.41, 5.74) is -0.137. The van der Waals surface area contributed by atoms with E-state index < -0.39 is 23.8 Å². The molecule has 1 aromatic carbocycles. The number of carbonyl (C=O) groups excluding carboxylic acids is 1. The summed E-state index contributed by atoms with van der Waals surface area (Å²) in [6.07, 6.45) is -2.91. The summed E-state index contributed by atoms with van der Waals surface area (Å²) in [7, 11) is 0. The van der Waals surface area contributed by atoms with Gasteiger partial charge in [0.15, 0.2) is 0 Å². The normalized spacial score (nSPS) is 23.4. The third-order valence-corrected chi connectivity index (χ3v) is 5.25. The van der Waals surface area contributed by atoms with Gasteiger partial charge in [-0.05, 0) is 37.5 Å². The molecule has 2 N–H and O–H groups in total. The van der Waals surface area contributed by atoms with Gasteiger partial charge in [-0.3, -0.25) is 4.79 Å². The number of anilines is 1. The molecule has 9 heteroatoms. The first-order valence-electron chi connectivity index (χ1n) is 9.29. The van der Waals surface area contributed by atoms with Gasteiger partial charge in [0.05, 0.1) is 30.1 Å². The number of nitrogens with one attached hydrogen (secondary N) is 1. The molecule has 0 bridgehead atoms. The third-order valence-electron chi connectivity index (χ3n) is 5.25. The first kappa shape index (κ1) is 19.1. The van der Waals surface area contributed by atoms with Crippen LogP contribution >= 0.6 is 0 Å². The number of fused-ring (bicyclic) bond motifs is 3. The second kappa shape index (κ2) is 7.29. The zero-order chi connectivity index (χ0) is 19.9. The standard InChI is InChI=1S/C19H21F3N2O4/c20-19(21,22)11-1-4-15-14(9-11)16-17(28-15)18(26)23-6-8-24(16)7-5-13-3-2-12(25)10-27-13/h1,4,9,12-13,25H,2-3,5-8,10H2,(H,23,26). The largest absolute Gasteiger partial charge is 0.449 e. The average Bonchev–Trinajstić information content (AvgIpc) is 2.96. The molecule has 0 saturated carbocycles. The number of hydrogen-bond donors (Lipinski definition) is 2. The van der Waals surface area contributed by atoms with Gasteiger partial charge in [-0.1, -0.05) is 0 Å². The van der Waals surface area contributed by atoms with Crippen molar-refractivity contribution in [2.24, 2.45) is 0 Å². The molecule has 3 heterocycles. The number of benzene rings is 1. The Morgan fingerprint density at radius 2 is 2.11 bits per heavy atom. The van der Waals surface area contributed by atoms with Gasteiger partial charge in [-0.25, -0.2) is 0 Å². The monoisotopic (exact) mass is 398 g/mol. The molecule has 2 unspecified atom stereocenters. The van der Waals surface area contributed by atoms with Crippen LogP contribution < -0.4 is 10.2 Å². The summed E-state index contributed by atoms with van der Waals surface area (Å²) in [5, 5.41) is 12.5. The molecule has 0 spiro atoms. The minimum Gasteiger partial charge on any atom is -0.449 e. The Morgan fingerprint density at radius 3 is 2.82 bits per heavy atom. The molecule has 0 radical (unpaired) electrons. The SMILES string of the molecule is O=C1NCCN(CCC2CCC(O)CO2)c2c1oc1ccc(C(F)(F)F)cc21. The van der Waals surface area contributed by atoms with Gasteiger partial charge < -0.3 is 24.5 Å². The minimum atomic E-state index is -4.48. The summed E-state index contributed by atoms with van der Waals surface area (Å²) >= 11 is 0. The van der Waals surface area contributed by atoms with Gasteiger partial charge in [-0.2, -0.15) is 13.2 Å². The highest BCUT2D eigenvalue weighted by Crippen LogP contribution is 2.39. The van der Waals surface area contributed by atoms with E-state index in [-0.39, 0.29) is 22.8 Å². The number of aliphatic hydroxyl groups excluding tert-OH is 1. The summed E-state index contributed by atoms with van der Waals surface area (Å²) in [6.45, 7) is 1.62. The lowest BCUT2D eigenvalue weighted by Gasteiger charge is -2.29. The fourth-order valence-corrected chi connectivity index (χ4v) is 3.77. The maximum absolute atomic E-state index is 13.2. The molecule has 28 heavy (non-hydrogen) atoms. The predicted molar refractivity (Wildman–Crippen MR) is 95.4 cm³/mol. The fraction of sp³-hybridized carbons (Fsp3) is 0.526. The Labute approximate surface area is 159 Å². The van der Waals surface area contributed by atoms with Crippen molar-refractivity contribution in [1.29, 1.82) is 0 Å². The zero-order valence-corrected chi connectivity index (χ0v) is 15.1. The van der Waals surface area contributed by atoms with Crippen molar-refractivity contribution >= 4 is 22.6 Å². The number of nitrogens with zero attached hydrogens (tertiary/aromatic N) is 1. The lowest BCUT2D eigenvalue weighted by molar-refractivity contribution is -0.137. The molecule has 1 saturated heterocycles. The summed E-state index contributed by atoms with van der Waals surface area (Å²) in [5.74, 6) is -0.397. The van der Waals surface area contributed by atoms with E-state index in [1.54, 1.807) is 0 Å². The van der Waals surface area contributed by atoms with Crippen LogP contribution in [0.1, 0.15) is 35.4 Å². The molecule has 1 aromatic heterocycles. The molecule has 4 rings (SSSR count). The highest BCUT2D eigenvalue weighted by Gasteiger charge is 2.34.